The van der Waals surface area contributed by atoms with Gasteiger partial charge in [0, 0.05) is 20.0 Å². The van der Waals surface area contributed by atoms with Crippen molar-refractivity contribution in [3.63, 3.8) is 0 Å². The molecule has 22 heavy (non-hydrogen) atoms. The summed E-state index contributed by atoms with van der Waals surface area (Å²) in [5.41, 5.74) is -0.659. The van der Waals surface area contributed by atoms with Crippen LogP contribution in [-0.4, -0.2) is 58.4 Å². The minimum absolute atomic E-state index is 0.0554. The molecule has 0 N–H and O–H groups in total. The number of amides is 3. The molecule has 0 saturated carbocycles. The van der Waals surface area contributed by atoms with Crippen LogP contribution in [0.15, 0.2) is 23.3 Å². The summed E-state index contributed by atoms with van der Waals surface area (Å²) in [7, 11) is 1.71. The molecule has 6 heteroatoms. The molecule has 6 nitrogen and oxygen atoms in total. The highest BCUT2D eigenvalue weighted by Gasteiger charge is 2.63. The number of carbonyl (C=O) groups excluding carboxylic acids is 3. The maximum absolute atomic E-state index is 12.9. The van der Waals surface area contributed by atoms with Crippen LogP contribution in [0.1, 0.15) is 26.7 Å². The van der Waals surface area contributed by atoms with E-state index in [4.69, 9.17) is 4.74 Å². The maximum atomic E-state index is 12.9. The predicted molar refractivity (Wildman–Crippen MR) is 76.6 cm³/mol. The third-order valence-electron chi connectivity index (χ3n) is 5.22. The minimum atomic E-state index is -0.804. The molecule has 4 aliphatic heterocycles. The van der Waals surface area contributed by atoms with Gasteiger partial charge < -0.3 is 9.64 Å². The molecule has 0 aliphatic carbocycles. The number of rotatable bonds is 1. The highest BCUT2D eigenvalue weighted by molar-refractivity contribution is 6.23. The van der Waals surface area contributed by atoms with Gasteiger partial charge in [-0.2, -0.15) is 0 Å². The Morgan fingerprint density at radius 2 is 1.64 bits per heavy atom. The third kappa shape index (κ3) is 1.46. The van der Waals surface area contributed by atoms with Crippen molar-refractivity contribution in [3.8, 4) is 0 Å². The largest absolute Gasteiger partial charge is 0.351 e. The SMILES string of the molecule is CN1CC(N2C(=O)C3=C(C2=O)C2(C)C=CC3(C)O2)CCC1=O. The van der Waals surface area contributed by atoms with Crippen molar-refractivity contribution >= 4 is 17.7 Å². The fraction of sp³-hybridized carbons (Fsp3) is 0.562. The number of fused-ring (bicyclic) bond motifs is 4. The molecule has 0 spiro atoms. The van der Waals surface area contributed by atoms with Crippen LogP contribution in [0.3, 0.4) is 0 Å². The van der Waals surface area contributed by atoms with Gasteiger partial charge in [-0.3, -0.25) is 19.3 Å². The maximum Gasteiger partial charge on any atom is 0.260 e. The average molecular weight is 302 g/mol. The van der Waals surface area contributed by atoms with E-state index in [1.165, 1.54) is 4.90 Å². The Kier molecular flexibility index (Phi) is 2.41. The monoisotopic (exact) mass is 302 g/mol. The summed E-state index contributed by atoms with van der Waals surface area (Å²) in [5, 5.41) is 0. The normalized spacial score (nSPS) is 40.3. The van der Waals surface area contributed by atoms with Gasteiger partial charge in [0.05, 0.1) is 17.2 Å². The first kappa shape index (κ1) is 13.7. The first-order chi connectivity index (χ1) is 10.3. The number of ether oxygens (including phenoxy) is 1. The summed E-state index contributed by atoms with van der Waals surface area (Å²) in [5.74, 6) is -0.466. The number of nitrogens with zero attached hydrogens (tertiary/aromatic N) is 2. The number of imide groups is 1. The van der Waals surface area contributed by atoms with Crippen LogP contribution in [0, 0.1) is 0 Å². The average Bonchev–Trinajstić information content (AvgIpc) is 2.99. The van der Waals surface area contributed by atoms with Crippen LogP contribution < -0.4 is 0 Å². The topological polar surface area (TPSA) is 66.9 Å². The van der Waals surface area contributed by atoms with E-state index in [1.54, 1.807) is 11.9 Å². The van der Waals surface area contributed by atoms with Crippen LogP contribution in [0.25, 0.3) is 0 Å². The van der Waals surface area contributed by atoms with E-state index in [-0.39, 0.29) is 23.8 Å². The summed E-state index contributed by atoms with van der Waals surface area (Å²) in [6.07, 6.45) is 4.61. The van der Waals surface area contributed by atoms with Gasteiger partial charge in [-0.15, -0.1) is 0 Å². The number of piperidine rings is 1. The van der Waals surface area contributed by atoms with Crippen molar-refractivity contribution in [3.05, 3.63) is 23.3 Å². The zero-order valence-corrected chi connectivity index (χ0v) is 12.9. The van der Waals surface area contributed by atoms with Crippen LogP contribution >= 0.6 is 0 Å². The molecule has 2 bridgehead atoms. The van der Waals surface area contributed by atoms with Gasteiger partial charge in [-0.1, -0.05) is 0 Å². The molecule has 4 heterocycles. The zero-order chi connectivity index (χ0) is 15.9. The summed E-state index contributed by atoms with van der Waals surface area (Å²) < 4.78 is 5.91. The van der Waals surface area contributed by atoms with Crippen molar-refractivity contribution in [1.82, 2.24) is 9.80 Å². The molecule has 0 aromatic heterocycles. The minimum Gasteiger partial charge on any atom is -0.351 e. The van der Waals surface area contributed by atoms with Crippen molar-refractivity contribution < 1.29 is 19.1 Å². The number of likely N-dealkylation sites (tertiary alicyclic amines) is 1. The van der Waals surface area contributed by atoms with Gasteiger partial charge in [-0.05, 0) is 32.4 Å². The zero-order valence-electron chi connectivity index (χ0n) is 12.9. The fourth-order valence-electron chi connectivity index (χ4n) is 4.10. The van der Waals surface area contributed by atoms with Gasteiger partial charge in [-0.25, -0.2) is 0 Å². The lowest BCUT2D eigenvalue weighted by atomic mass is 9.85. The Bertz CT molecular complexity index is 654. The van der Waals surface area contributed by atoms with E-state index >= 15 is 0 Å². The van der Waals surface area contributed by atoms with E-state index < -0.39 is 11.2 Å². The lowest BCUT2D eigenvalue weighted by Gasteiger charge is -2.36. The molecule has 0 aromatic rings. The Balaban J connectivity index is 1.69. The molecular weight excluding hydrogens is 284 g/mol. The van der Waals surface area contributed by atoms with E-state index in [0.717, 1.165) is 0 Å². The Morgan fingerprint density at radius 3 is 2.14 bits per heavy atom. The summed E-state index contributed by atoms with van der Waals surface area (Å²) in [4.78, 5) is 40.3. The molecule has 3 amide bonds. The molecule has 1 fully saturated rings. The lowest BCUT2D eigenvalue weighted by molar-refractivity contribution is -0.148. The lowest BCUT2D eigenvalue weighted by Crippen LogP contribution is -2.53. The second-order valence-corrected chi connectivity index (χ2v) is 6.85. The molecule has 3 atom stereocenters. The molecule has 0 aromatic carbocycles. The second kappa shape index (κ2) is 3.87. The Labute approximate surface area is 128 Å². The molecule has 4 rings (SSSR count). The highest BCUT2D eigenvalue weighted by Crippen LogP contribution is 2.53. The molecule has 116 valence electrons. The predicted octanol–water partition coefficient (Wildman–Crippen LogP) is 0.390. The fourth-order valence-corrected chi connectivity index (χ4v) is 4.10. The van der Waals surface area contributed by atoms with Crippen molar-refractivity contribution in [1.29, 1.82) is 0 Å². The Hall–Kier alpha value is -1.95. The molecular formula is C16H18N2O4. The number of carbonyl (C=O) groups is 3. The number of hydrogen-bond acceptors (Lipinski definition) is 4. The van der Waals surface area contributed by atoms with Crippen LogP contribution in [0.2, 0.25) is 0 Å². The van der Waals surface area contributed by atoms with E-state index in [9.17, 15) is 14.4 Å². The van der Waals surface area contributed by atoms with E-state index in [1.807, 2.05) is 26.0 Å². The molecule has 0 radical (unpaired) electrons. The smallest absolute Gasteiger partial charge is 0.260 e. The van der Waals surface area contributed by atoms with Crippen LogP contribution in [0.4, 0.5) is 0 Å². The quantitative estimate of drug-likeness (QED) is 0.519. The second-order valence-electron chi connectivity index (χ2n) is 6.85. The Morgan fingerprint density at radius 1 is 1.09 bits per heavy atom. The summed E-state index contributed by atoms with van der Waals surface area (Å²) in [6.45, 7) is 4.04. The number of hydrogen-bond donors (Lipinski definition) is 0. The first-order valence-electron chi connectivity index (χ1n) is 7.54. The van der Waals surface area contributed by atoms with Crippen LogP contribution in [0.5, 0.6) is 0 Å². The van der Waals surface area contributed by atoms with Crippen molar-refractivity contribution in [2.24, 2.45) is 0 Å². The van der Waals surface area contributed by atoms with E-state index in [2.05, 4.69) is 0 Å². The summed E-state index contributed by atoms with van der Waals surface area (Å²) in [6, 6.07) is -0.250. The standard InChI is InChI=1S/C16H18N2O4/c1-15-6-7-16(2,22-15)12-11(15)13(20)18(14(12)21)9-4-5-10(19)17(3)8-9/h6-7,9H,4-5,8H2,1-3H3. The van der Waals surface area contributed by atoms with Crippen molar-refractivity contribution in [2.75, 3.05) is 13.6 Å². The van der Waals surface area contributed by atoms with Gasteiger partial charge in [0.2, 0.25) is 5.91 Å². The van der Waals surface area contributed by atoms with Gasteiger partial charge in [0.25, 0.3) is 11.8 Å². The van der Waals surface area contributed by atoms with Crippen molar-refractivity contribution in [2.45, 2.75) is 43.9 Å². The number of likely N-dealkylation sites (N-methyl/N-ethyl adjacent to an activating group) is 1. The van der Waals surface area contributed by atoms with Gasteiger partial charge >= 0.3 is 0 Å². The van der Waals surface area contributed by atoms with E-state index in [0.29, 0.717) is 30.5 Å². The van der Waals surface area contributed by atoms with Gasteiger partial charge in [0.15, 0.2) is 0 Å². The first-order valence-corrected chi connectivity index (χ1v) is 7.54. The van der Waals surface area contributed by atoms with Crippen LogP contribution in [-0.2, 0) is 19.1 Å². The molecule has 4 aliphatic rings. The van der Waals surface area contributed by atoms with Gasteiger partial charge in [0.1, 0.15) is 11.2 Å². The highest BCUT2D eigenvalue weighted by atomic mass is 16.5. The summed E-state index contributed by atoms with van der Waals surface area (Å²) >= 11 is 0. The third-order valence-corrected chi connectivity index (χ3v) is 5.22. The molecule has 3 unspecified atom stereocenters. The molecule has 1 saturated heterocycles.